The lowest BCUT2D eigenvalue weighted by Gasteiger charge is -2.10. The van der Waals surface area contributed by atoms with Crippen LogP contribution >= 0.6 is 0 Å². The third-order valence-electron chi connectivity index (χ3n) is 3.28. The zero-order chi connectivity index (χ0) is 18.1. The number of aryl methyl sites for hydroxylation is 1. The molecule has 2 aromatic rings. The molecule has 0 atom stereocenters. The third-order valence-corrected chi connectivity index (χ3v) is 3.28. The van der Waals surface area contributed by atoms with Gasteiger partial charge >= 0.3 is 0 Å². The fraction of sp³-hybridized carbons (Fsp3) is 0.278. The quantitative estimate of drug-likeness (QED) is 0.764. The van der Waals surface area contributed by atoms with Crippen molar-refractivity contribution in [3.8, 4) is 11.5 Å². The van der Waals surface area contributed by atoms with Crippen LogP contribution in [-0.2, 0) is 9.59 Å². The van der Waals surface area contributed by atoms with Crippen LogP contribution < -0.4 is 20.1 Å². The second-order valence-corrected chi connectivity index (χ2v) is 5.31. The first-order valence-electron chi connectivity index (χ1n) is 7.83. The maximum absolute atomic E-state index is 11.8. The van der Waals surface area contributed by atoms with Gasteiger partial charge in [0.25, 0.3) is 5.91 Å². The zero-order valence-electron chi connectivity index (χ0n) is 14.2. The lowest BCUT2D eigenvalue weighted by atomic mass is 10.3. The Labute approximate surface area is 146 Å². The Kier molecular flexibility index (Phi) is 6.76. The first-order chi connectivity index (χ1) is 12.1. The molecule has 0 saturated carbocycles. The normalized spacial score (nSPS) is 10.0. The minimum atomic E-state index is -0.313. The van der Waals surface area contributed by atoms with Gasteiger partial charge in [0.1, 0.15) is 5.82 Å². The summed E-state index contributed by atoms with van der Waals surface area (Å²) in [4.78, 5) is 27.7. The second-order valence-electron chi connectivity index (χ2n) is 5.31. The molecule has 1 aromatic heterocycles. The smallest absolute Gasteiger partial charge is 0.257 e. The van der Waals surface area contributed by atoms with Gasteiger partial charge in [-0.05, 0) is 30.7 Å². The third kappa shape index (κ3) is 6.14. The van der Waals surface area contributed by atoms with Gasteiger partial charge < -0.3 is 20.1 Å². The predicted molar refractivity (Wildman–Crippen MR) is 93.7 cm³/mol. The molecule has 1 aromatic carbocycles. The van der Waals surface area contributed by atoms with Crippen molar-refractivity contribution in [3.05, 3.63) is 48.2 Å². The Hall–Kier alpha value is -3.09. The van der Waals surface area contributed by atoms with Crippen molar-refractivity contribution in [2.24, 2.45) is 0 Å². The van der Waals surface area contributed by atoms with E-state index in [0.717, 1.165) is 5.56 Å². The van der Waals surface area contributed by atoms with Crippen molar-refractivity contribution in [2.75, 3.05) is 25.6 Å². The van der Waals surface area contributed by atoms with E-state index in [1.54, 1.807) is 30.5 Å². The van der Waals surface area contributed by atoms with Gasteiger partial charge in [-0.1, -0.05) is 18.2 Å². The first-order valence-corrected chi connectivity index (χ1v) is 7.83. The number of nitrogens with zero attached hydrogens (tertiary/aromatic N) is 1. The number of rotatable bonds is 8. The van der Waals surface area contributed by atoms with Gasteiger partial charge in [-0.15, -0.1) is 0 Å². The molecule has 0 radical (unpaired) electrons. The number of anilines is 1. The molecule has 0 saturated heterocycles. The first kappa shape index (κ1) is 18.3. The molecule has 2 rings (SSSR count). The van der Waals surface area contributed by atoms with Crippen LogP contribution in [0.4, 0.5) is 5.82 Å². The summed E-state index contributed by atoms with van der Waals surface area (Å²) in [5.41, 5.74) is 1.01. The van der Waals surface area contributed by atoms with Crippen molar-refractivity contribution in [1.29, 1.82) is 0 Å². The summed E-state index contributed by atoms with van der Waals surface area (Å²) < 4.78 is 10.5. The Morgan fingerprint density at radius 3 is 2.52 bits per heavy atom. The van der Waals surface area contributed by atoms with Crippen LogP contribution in [0.2, 0.25) is 0 Å². The highest BCUT2D eigenvalue weighted by atomic mass is 16.5. The summed E-state index contributed by atoms with van der Waals surface area (Å²) in [7, 11) is 1.53. The highest BCUT2D eigenvalue weighted by Gasteiger charge is 2.08. The molecule has 0 aliphatic rings. The molecule has 0 spiro atoms. The summed E-state index contributed by atoms with van der Waals surface area (Å²) >= 11 is 0. The van der Waals surface area contributed by atoms with E-state index in [-0.39, 0.29) is 31.4 Å². The van der Waals surface area contributed by atoms with Crippen molar-refractivity contribution in [3.63, 3.8) is 0 Å². The molecule has 0 bridgehead atoms. The van der Waals surface area contributed by atoms with Gasteiger partial charge in [-0.25, -0.2) is 4.98 Å². The monoisotopic (exact) mass is 343 g/mol. The van der Waals surface area contributed by atoms with E-state index in [0.29, 0.717) is 17.3 Å². The van der Waals surface area contributed by atoms with E-state index < -0.39 is 0 Å². The summed E-state index contributed by atoms with van der Waals surface area (Å²) in [5, 5.41) is 5.30. The summed E-state index contributed by atoms with van der Waals surface area (Å²) in [5.74, 6) is 1.000. The fourth-order valence-corrected chi connectivity index (χ4v) is 1.99. The number of methoxy groups -OCH3 is 1. The van der Waals surface area contributed by atoms with Crippen LogP contribution in [-0.4, -0.2) is 37.1 Å². The fourth-order valence-electron chi connectivity index (χ4n) is 1.99. The molecular formula is C18H21N3O4. The molecular weight excluding hydrogens is 322 g/mol. The van der Waals surface area contributed by atoms with Gasteiger partial charge in [-0.3, -0.25) is 9.59 Å². The lowest BCUT2D eigenvalue weighted by molar-refractivity contribution is -0.123. The Balaban J connectivity index is 1.68. The van der Waals surface area contributed by atoms with Gasteiger partial charge in [0.05, 0.1) is 7.11 Å². The van der Waals surface area contributed by atoms with Crippen LogP contribution in [0.3, 0.4) is 0 Å². The predicted octanol–water partition coefficient (Wildman–Crippen LogP) is 1.92. The van der Waals surface area contributed by atoms with Crippen molar-refractivity contribution < 1.29 is 19.1 Å². The molecule has 2 N–H and O–H groups in total. The zero-order valence-corrected chi connectivity index (χ0v) is 14.2. The van der Waals surface area contributed by atoms with Crippen molar-refractivity contribution in [1.82, 2.24) is 10.3 Å². The average Bonchev–Trinajstić information content (AvgIpc) is 2.62. The highest BCUT2D eigenvalue weighted by Crippen LogP contribution is 2.25. The van der Waals surface area contributed by atoms with Crippen LogP contribution in [0.5, 0.6) is 11.5 Å². The van der Waals surface area contributed by atoms with E-state index >= 15 is 0 Å². The number of hydrogen-bond acceptors (Lipinski definition) is 5. The molecule has 25 heavy (non-hydrogen) atoms. The number of carbonyl (C=O) groups is 2. The number of ether oxygens (including phenoxy) is 2. The van der Waals surface area contributed by atoms with Crippen molar-refractivity contribution >= 4 is 17.6 Å². The molecule has 132 valence electrons. The number of para-hydroxylation sites is 2. The van der Waals surface area contributed by atoms with Gasteiger partial charge in [0.2, 0.25) is 5.91 Å². The van der Waals surface area contributed by atoms with Crippen LogP contribution in [0.25, 0.3) is 0 Å². The second kappa shape index (κ2) is 9.27. The van der Waals surface area contributed by atoms with E-state index in [1.807, 2.05) is 19.1 Å². The highest BCUT2D eigenvalue weighted by molar-refractivity contribution is 5.90. The minimum Gasteiger partial charge on any atom is -0.493 e. The summed E-state index contributed by atoms with van der Waals surface area (Å²) in [6.07, 6.45) is 1.82. The maximum Gasteiger partial charge on any atom is 0.257 e. The van der Waals surface area contributed by atoms with E-state index in [4.69, 9.17) is 9.47 Å². The minimum absolute atomic E-state index is 0.149. The summed E-state index contributed by atoms with van der Waals surface area (Å²) in [6, 6.07) is 10.7. The topological polar surface area (TPSA) is 89.5 Å². The summed E-state index contributed by atoms with van der Waals surface area (Å²) in [6.45, 7) is 1.98. The van der Waals surface area contributed by atoms with Crippen molar-refractivity contribution in [2.45, 2.75) is 13.3 Å². The maximum atomic E-state index is 11.8. The van der Waals surface area contributed by atoms with Gasteiger partial charge in [0, 0.05) is 19.2 Å². The Bertz CT molecular complexity index is 717. The number of hydrogen-bond donors (Lipinski definition) is 2. The number of pyridine rings is 1. The standard InChI is InChI=1S/C18H21N3O4/c1-13-7-8-16(20-11-13)21-17(22)9-10-19-18(23)12-25-15-6-4-3-5-14(15)24-2/h3-8,11H,9-10,12H2,1-2H3,(H,19,23)(H,20,21,22). The van der Waals surface area contributed by atoms with E-state index in [2.05, 4.69) is 15.6 Å². The molecule has 2 amide bonds. The lowest BCUT2D eigenvalue weighted by Crippen LogP contribution is -2.31. The molecule has 0 aliphatic carbocycles. The Morgan fingerprint density at radius 1 is 1.08 bits per heavy atom. The number of carbonyl (C=O) groups excluding carboxylic acids is 2. The molecule has 1 heterocycles. The largest absolute Gasteiger partial charge is 0.493 e. The van der Waals surface area contributed by atoms with Gasteiger partial charge in [-0.2, -0.15) is 0 Å². The number of benzene rings is 1. The van der Waals surface area contributed by atoms with E-state index in [1.165, 1.54) is 7.11 Å². The molecule has 0 unspecified atom stereocenters. The number of aromatic nitrogens is 1. The Morgan fingerprint density at radius 2 is 1.84 bits per heavy atom. The van der Waals surface area contributed by atoms with Crippen LogP contribution in [0.1, 0.15) is 12.0 Å². The van der Waals surface area contributed by atoms with Crippen LogP contribution in [0, 0.1) is 6.92 Å². The SMILES string of the molecule is COc1ccccc1OCC(=O)NCCC(=O)Nc1ccc(C)cn1. The number of nitrogens with one attached hydrogen (secondary N) is 2. The van der Waals surface area contributed by atoms with Gasteiger partial charge in [0.15, 0.2) is 18.1 Å². The molecule has 7 nitrogen and oxygen atoms in total. The van der Waals surface area contributed by atoms with Crippen LogP contribution in [0.15, 0.2) is 42.6 Å². The average molecular weight is 343 g/mol. The number of amides is 2. The molecule has 7 heteroatoms. The molecule has 0 aliphatic heterocycles. The van der Waals surface area contributed by atoms with E-state index in [9.17, 15) is 9.59 Å². The molecule has 0 fully saturated rings.